The highest BCUT2D eigenvalue weighted by atomic mass is 19.1. The van der Waals surface area contributed by atoms with Crippen molar-refractivity contribution in [3.8, 4) is 0 Å². The normalized spacial score (nSPS) is 24.1. The molecule has 2 atom stereocenters. The van der Waals surface area contributed by atoms with Gasteiger partial charge in [-0.15, -0.1) is 0 Å². The van der Waals surface area contributed by atoms with Crippen LogP contribution < -0.4 is 5.32 Å². The first kappa shape index (κ1) is 13.0. The van der Waals surface area contributed by atoms with Gasteiger partial charge in [0.2, 0.25) is 5.91 Å². The highest BCUT2D eigenvalue weighted by Gasteiger charge is 2.36. The Balaban J connectivity index is 2.24. The van der Waals surface area contributed by atoms with E-state index in [4.69, 9.17) is 0 Å². The lowest BCUT2D eigenvalue weighted by Crippen LogP contribution is -2.33. The van der Waals surface area contributed by atoms with E-state index in [2.05, 4.69) is 19.2 Å². The number of benzene rings is 1. The van der Waals surface area contributed by atoms with Gasteiger partial charge in [-0.3, -0.25) is 10.1 Å². The van der Waals surface area contributed by atoms with E-state index in [0.29, 0.717) is 12.5 Å². The summed E-state index contributed by atoms with van der Waals surface area (Å²) in [6, 6.07) is 6.13. The summed E-state index contributed by atoms with van der Waals surface area (Å²) in [5, 5.41) is 3.25. The van der Waals surface area contributed by atoms with Gasteiger partial charge in [-0.05, 0) is 30.5 Å². The van der Waals surface area contributed by atoms with Gasteiger partial charge >= 0.3 is 0 Å². The number of nitrogens with zero attached hydrogens (tertiary/aromatic N) is 1. The first-order valence-electron chi connectivity index (χ1n) is 6.31. The molecule has 0 aromatic heterocycles. The molecule has 0 aliphatic carbocycles. The average Bonchev–Trinajstić information content (AvgIpc) is 2.58. The molecule has 0 radical (unpaired) electrons. The number of halogens is 1. The molecule has 0 spiro atoms. The number of amides is 1. The van der Waals surface area contributed by atoms with Crippen molar-refractivity contribution in [3.63, 3.8) is 0 Å². The van der Waals surface area contributed by atoms with Gasteiger partial charge < -0.3 is 4.90 Å². The zero-order chi connectivity index (χ0) is 13.3. The Hall–Kier alpha value is -1.42. The van der Waals surface area contributed by atoms with Gasteiger partial charge in [0.1, 0.15) is 12.0 Å². The minimum absolute atomic E-state index is 0.109. The van der Waals surface area contributed by atoms with Crippen LogP contribution in [0.15, 0.2) is 24.3 Å². The zero-order valence-corrected chi connectivity index (χ0v) is 11.0. The Kier molecular flexibility index (Phi) is 3.66. The SMILES string of the molecule is CC(C)CN1C(=O)C(C)NC1c1ccc(F)cc1. The van der Waals surface area contributed by atoms with Crippen LogP contribution in [0.25, 0.3) is 0 Å². The van der Waals surface area contributed by atoms with Gasteiger partial charge in [-0.25, -0.2) is 4.39 Å². The predicted molar refractivity (Wildman–Crippen MR) is 68.3 cm³/mol. The van der Waals surface area contributed by atoms with Crippen molar-refractivity contribution in [2.75, 3.05) is 6.54 Å². The van der Waals surface area contributed by atoms with E-state index in [1.54, 1.807) is 12.1 Å². The summed E-state index contributed by atoms with van der Waals surface area (Å²) >= 11 is 0. The van der Waals surface area contributed by atoms with Gasteiger partial charge in [0.25, 0.3) is 0 Å². The van der Waals surface area contributed by atoms with E-state index in [0.717, 1.165) is 5.56 Å². The largest absolute Gasteiger partial charge is 0.321 e. The lowest BCUT2D eigenvalue weighted by molar-refractivity contribution is -0.130. The third kappa shape index (κ3) is 2.53. The number of nitrogens with one attached hydrogen (secondary N) is 1. The molecule has 1 fully saturated rings. The molecule has 1 aromatic rings. The second kappa shape index (κ2) is 5.06. The van der Waals surface area contributed by atoms with Crippen molar-refractivity contribution in [2.24, 2.45) is 5.92 Å². The smallest absolute Gasteiger partial charge is 0.241 e. The number of carbonyl (C=O) groups is 1. The molecule has 1 heterocycles. The molecule has 0 bridgehead atoms. The standard InChI is InChI=1S/C14H19FN2O/c1-9(2)8-17-13(16-10(3)14(17)18)11-4-6-12(15)7-5-11/h4-7,9-10,13,16H,8H2,1-3H3. The van der Waals surface area contributed by atoms with Crippen LogP contribution in [0.4, 0.5) is 4.39 Å². The second-order valence-electron chi connectivity index (χ2n) is 5.23. The minimum Gasteiger partial charge on any atom is -0.321 e. The maximum Gasteiger partial charge on any atom is 0.241 e. The third-order valence-electron chi connectivity index (χ3n) is 3.12. The summed E-state index contributed by atoms with van der Waals surface area (Å²) < 4.78 is 12.9. The summed E-state index contributed by atoms with van der Waals surface area (Å²) in [5.74, 6) is 0.258. The summed E-state index contributed by atoms with van der Waals surface area (Å²) in [5.41, 5.74) is 0.926. The van der Waals surface area contributed by atoms with Crippen LogP contribution in [-0.2, 0) is 4.79 Å². The van der Waals surface area contributed by atoms with Crippen molar-refractivity contribution < 1.29 is 9.18 Å². The van der Waals surface area contributed by atoms with Gasteiger partial charge in [0.15, 0.2) is 0 Å². The molecule has 18 heavy (non-hydrogen) atoms. The Bertz CT molecular complexity index is 430. The van der Waals surface area contributed by atoms with Crippen LogP contribution in [0.3, 0.4) is 0 Å². The Morgan fingerprint density at radius 3 is 2.50 bits per heavy atom. The van der Waals surface area contributed by atoms with Gasteiger partial charge in [-0.1, -0.05) is 26.0 Å². The third-order valence-corrected chi connectivity index (χ3v) is 3.12. The lowest BCUT2D eigenvalue weighted by Gasteiger charge is -2.26. The molecule has 98 valence electrons. The zero-order valence-electron chi connectivity index (χ0n) is 11.0. The van der Waals surface area contributed by atoms with Crippen molar-refractivity contribution >= 4 is 5.91 Å². The molecule has 1 amide bonds. The van der Waals surface area contributed by atoms with Crippen LogP contribution >= 0.6 is 0 Å². The van der Waals surface area contributed by atoms with Crippen molar-refractivity contribution in [2.45, 2.75) is 33.0 Å². The second-order valence-corrected chi connectivity index (χ2v) is 5.23. The molecule has 1 saturated heterocycles. The Morgan fingerprint density at radius 2 is 1.94 bits per heavy atom. The van der Waals surface area contributed by atoms with Gasteiger partial charge in [-0.2, -0.15) is 0 Å². The molecule has 2 unspecified atom stereocenters. The molecule has 1 N–H and O–H groups in total. The molecule has 1 aliphatic rings. The van der Waals surface area contributed by atoms with E-state index in [1.807, 2.05) is 11.8 Å². The number of hydrogen-bond acceptors (Lipinski definition) is 2. The fraction of sp³-hybridized carbons (Fsp3) is 0.500. The van der Waals surface area contributed by atoms with Crippen LogP contribution in [0.2, 0.25) is 0 Å². The monoisotopic (exact) mass is 250 g/mol. The minimum atomic E-state index is -0.258. The van der Waals surface area contributed by atoms with Crippen molar-refractivity contribution in [3.05, 3.63) is 35.6 Å². The van der Waals surface area contributed by atoms with Crippen LogP contribution in [-0.4, -0.2) is 23.4 Å². The van der Waals surface area contributed by atoms with Crippen LogP contribution in [0.1, 0.15) is 32.5 Å². The fourth-order valence-corrected chi connectivity index (χ4v) is 2.28. The number of carbonyl (C=O) groups excluding carboxylic acids is 1. The highest BCUT2D eigenvalue weighted by molar-refractivity contribution is 5.84. The van der Waals surface area contributed by atoms with E-state index in [1.165, 1.54) is 12.1 Å². The average molecular weight is 250 g/mol. The van der Waals surface area contributed by atoms with Crippen molar-refractivity contribution in [1.29, 1.82) is 0 Å². The van der Waals surface area contributed by atoms with E-state index in [-0.39, 0.29) is 23.9 Å². The first-order chi connectivity index (χ1) is 8.49. The molecular formula is C14H19FN2O. The summed E-state index contributed by atoms with van der Waals surface area (Å²) in [4.78, 5) is 13.9. The van der Waals surface area contributed by atoms with Crippen LogP contribution in [0, 0.1) is 11.7 Å². The maximum atomic E-state index is 12.9. The molecule has 0 saturated carbocycles. The molecular weight excluding hydrogens is 231 g/mol. The summed E-state index contributed by atoms with van der Waals surface area (Å²) in [7, 11) is 0. The molecule has 1 aliphatic heterocycles. The first-order valence-corrected chi connectivity index (χ1v) is 6.31. The summed E-state index contributed by atoms with van der Waals surface area (Å²) in [6.45, 7) is 6.73. The fourth-order valence-electron chi connectivity index (χ4n) is 2.28. The quantitative estimate of drug-likeness (QED) is 0.892. The van der Waals surface area contributed by atoms with Gasteiger partial charge in [0, 0.05) is 6.54 Å². The predicted octanol–water partition coefficient (Wildman–Crippen LogP) is 2.30. The lowest BCUT2D eigenvalue weighted by atomic mass is 10.1. The Labute approximate surface area is 107 Å². The molecule has 2 rings (SSSR count). The molecule has 3 nitrogen and oxygen atoms in total. The van der Waals surface area contributed by atoms with E-state index in [9.17, 15) is 9.18 Å². The number of rotatable bonds is 3. The highest BCUT2D eigenvalue weighted by Crippen LogP contribution is 2.26. The summed E-state index contributed by atoms with van der Waals surface area (Å²) in [6.07, 6.45) is -0.143. The number of hydrogen-bond donors (Lipinski definition) is 1. The Morgan fingerprint density at radius 1 is 1.33 bits per heavy atom. The van der Waals surface area contributed by atoms with E-state index < -0.39 is 0 Å². The topological polar surface area (TPSA) is 32.3 Å². The maximum absolute atomic E-state index is 12.9. The van der Waals surface area contributed by atoms with Gasteiger partial charge in [0.05, 0.1) is 6.04 Å². The molecule has 4 heteroatoms. The van der Waals surface area contributed by atoms with Crippen molar-refractivity contribution in [1.82, 2.24) is 10.2 Å². The van der Waals surface area contributed by atoms with Crippen LogP contribution in [0.5, 0.6) is 0 Å². The van der Waals surface area contributed by atoms with E-state index >= 15 is 0 Å². The molecule has 1 aromatic carbocycles.